The monoisotopic (exact) mass is 437 g/mol. The average Bonchev–Trinajstić information content (AvgIpc) is 2.98. The summed E-state index contributed by atoms with van der Waals surface area (Å²) in [4.78, 5) is 5.81. The standard InChI is InChI=1S/C16H27N3OS.HI/c1-4-16(5-2)13(11-14(16)20-3)19-15(17)18-9-8-12-7-6-10-21-12;/h6-7,10,13-14H,4-5,8-9,11H2,1-3H3,(H3,17,18,19);1H. The largest absolute Gasteiger partial charge is 0.381 e. The van der Waals surface area contributed by atoms with Crippen LogP contribution < -0.4 is 11.1 Å². The molecule has 2 rings (SSSR count). The number of nitrogens with two attached hydrogens (primary N) is 1. The lowest BCUT2D eigenvalue weighted by Gasteiger charge is -2.55. The SMILES string of the molecule is CCC1(CC)C(NC(N)=NCCc2cccs2)CC1OC.I. The predicted molar refractivity (Wildman–Crippen MR) is 105 cm³/mol. The first-order chi connectivity index (χ1) is 10.2. The van der Waals surface area contributed by atoms with Gasteiger partial charge in [-0.1, -0.05) is 19.9 Å². The quantitative estimate of drug-likeness (QED) is 0.391. The van der Waals surface area contributed by atoms with Crippen LogP contribution in [0.3, 0.4) is 0 Å². The third-order valence-corrected chi connectivity index (χ3v) is 5.86. The molecule has 2 atom stereocenters. The van der Waals surface area contributed by atoms with Gasteiger partial charge in [-0.2, -0.15) is 0 Å². The number of guanidine groups is 1. The fourth-order valence-electron chi connectivity index (χ4n) is 3.44. The van der Waals surface area contributed by atoms with Crippen molar-refractivity contribution in [2.45, 2.75) is 51.7 Å². The van der Waals surface area contributed by atoms with E-state index in [1.807, 2.05) is 0 Å². The van der Waals surface area contributed by atoms with Crippen molar-refractivity contribution in [3.8, 4) is 0 Å². The molecular weight excluding hydrogens is 409 g/mol. The van der Waals surface area contributed by atoms with E-state index in [2.05, 4.69) is 41.7 Å². The highest BCUT2D eigenvalue weighted by Crippen LogP contribution is 2.48. The van der Waals surface area contributed by atoms with Crippen molar-refractivity contribution >= 4 is 41.3 Å². The van der Waals surface area contributed by atoms with Crippen molar-refractivity contribution in [3.63, 3.8) is 0 Å². The van der Waals surface area contributed by atoms with Gasteiger partial charge in [0.05, 0.1) is 6.10 Å². The van der Waals surface area contributed by atoms with Crippen molar-refractivity contribution in [2.75, 3.05) is 13.7 Å². The van der Waals surface area contributed by atoms with Crippen LogP contribution >= 0.6 is 35.3 Å². The highest BCUT2D eigenvalue weighted by Gasteiger charge is 2.53. The third kappa shape index (κ3) is 4.14. The maximum atomic E-state index is 6.04. The molecule has 126 valence electrons. The Morgan fingerprint density at radius 2 is 2.23 bits per heavy atom. The van der Waals surface area contributed by atoms with Gasteiger partial charge in [0.2, 0.25) is 0 Å². The molecule has 0 spiro atoms. The molecular formula is C16H28IN3OS. The minimum Gasteiger partial charge on any atom is -0.381 e. The lowest BCUT2D eigenvalue weighted by Crippen LogP contribution is -2.65. The van der Waals surface area contributed by atoms with Gasteiger partial charge in [0, 0.05) is 36.4 Å². The van der Waals surface area contributed by atoms with E-state index in [1.54, 1.807) is 18.4 Å². The summed E-state index contributed by atoms with van der Waals surface area (Å²) < 4.78 is 5.61. The molecule has 1 aromatic rings. The van der Waals surface area contributed by atoms with Crippen molar-refractivity contribution in [2.24, 2.45) is 16.1 Å². The summed E-state index contributed by atoms with van der Waals surface area (Å²) in [5, 5.41) is 5.50. The van der Waals surface area contributed by atoms with E-state index >= 15 is 0 Å². The second-order valence-electron chi connectivity index (χ2n) is 5.69. The zero-order chi connectivity index (χ0) is 15.3. The van der Waals surface area contributed by atoms with E-state index in [9.17, 15) is 0 Å². The van der Waals surface area contributed by atoms with Gasteiger partial charge in [-0.3, -0.25) is 4.99 Å². The van der Waals surface area contributed by atoms with E-state index < -0.39 is 0 Å². The van der Waals surface area contributed by atoms with Gasteiger partial charge < -0.3 is 15.8 Å². The van der Waals surface area contributed by atoms with Crippen LogP contribution in [0.4, 0.5) is 0 Å². The van der Waals surface area contributed by atoms with Crippen LogP contribution in [0.5, 0.6) is 0 Å². The molecule has 1 aliphatic rings. The Labute approximate surface area is 154 Å². The molecule has 1 heterocycles. The number of halogens is 1. The number of hydrogen-bond acceptors (Lipinski definition) is 3. The molecule has 0 bridgehead atoms. The van der Waals surface area contributed by atoms with Crippen LogP contribution in [0.15, 0.2) is 22.5 Å². The zero-order valence-electron chi connectivity index (χ0n) is 13.7. The summed E-state index contributed by atoms with van der Waals surface area (Å²) >= 11 is 1.77. The minimum atomic E-state index is 0. The molecule has 1 saturated carbocycles. The second-order valence-corrected chi connectivity index (χ2v) is 6.73. The summed E-state index contributed by atoms with van der Waals surface area (Å²) in [5.41, 5.74) is 6.24. The van der Waals surface area contributed by atoms with Gasteiger partial charge in [-0.15, -0.1) is 35.3 Å². The number of rotatable bonds is 7. The van der Waals surface area contributed by atoms with Crippen LogP contribution in [0.1, 0.15) is 38.0 Å². The van der Waals surface area contributed by atoms with Gasteiger partial charge in [-0.05, 0) is 30.7 Å². The van der Waals surface area contributed by atoms with Crippen molar-refractivity contribution in [1.82, 2.24) is 5.32 Å². The Morgan fingerprint density at radius 3 is 2.77 bits per heavy atom. The molecule has 22 heavy (non-hydrogen) atoms. The average molecular weight is 437 g/mol. The number of thiophene rings is 1. The molecule has 0 amide bonds. The molecule has 1 fully saturated rings. The first-order valence-electron chi connectivity index (χ1n) is 7.78. The summed E-state index contributed by atoms with van der Waals surface area (Å²) in [6.45, 7) is 5.20. The molecule has 1 aromatic heterocycles. The lowest BCUT2D eigenvalue weighted by molar-refractivity contribution is -0.118. The number of methoxy groups -OCH3 is 1. The van der Waals surface area contributed by atoms with E-state index in [0.29, 0.717) is 18.1 Å². The number of aliphatic imine (C=N–C) groups is 1. The molecule has 0 aromatic carbocycles. The van der Waals surface area contributed by atoms with E-state index in [1.165, 1.54) is 4.88 Å². The number of hydrogen-bond donors (Lipinski definition) is 2. The van der Waals surface area contributed by atoms with E-state index in [4.69, 9.17) is 10.5 Å². The van der Waals surface area contributed by atoms with Crippen LogP contribution in [-0.4, -0.2) is 31.8 Å². The molecule has 0 radical (unpaired) electrons. The summed E-state index contributed by atoms with van der Waals surface area (Å²) in [5.74, 6) is 0.567. The van der Waals surface area contributed by atoms with Gasteiger partial charge >= 0.3 is 0 Å². The van der Waals surface area contributed by atoms with Crippen LogP contribution in [0.2, 0.25) is 0 Å². The zero-order valence-corrected chi connectivity index (χ0v) is 16.8. The summed E-state index contributed by atoms with van der Waals surface area (Å²) in [7, 11) is 1.80. The number of nitrogens with one attached hydrogen (secondary N) is 1. The van der Waals surface area contributed by atoms with E-state index in [-0.39, 0.29) is 29.4 Å². The van der Waals surface area contributed by atoms with Crippen LogP contribution in [0, 0.1) is 5.41 Å². The van der Waals surface area contributed by atoms with Crippen LogP contribution in [0.25, 0.3) is 0 Å². The molecule has 1 aliphatic carbocycles. The van der Waals surface area contributed by atoms with Crippen LogP contribution in [-0.2, 0) is 11.2 Å². The van der Waals surface area contributed by atoms with Gasteiger partial charge in [0.15, 0.2) is 5.96 Å². The summed E-state index contributed by atoms with van der Waals surface area (Å²) in [6.07, 6.45) is 4.51. The Bertz CT molecular complexity index is 460. The maximum absolute atomic E-state index is 6.04. The highest BCUT2D eigenvalue weighted by molar-refractivity contribution is 14.0. The molecule has 2 unspecified atom stereocenters. The normalized spacial score (nSPS) is 23.5. The van der Waals surface area contributed by atoms with E-state index in [0.717, 1.165) is 32.2 Å². The fraction of sp³-hybridized carbons (Fsp3) is 0.688. The highest BCUT2D eigenvalue weighted by atomic mass is 127. The topological polar surface area (TPSA) is 59.6 Å². The van der Waals surface area contributed by atoms with Crippen molar-refractivity contribution < 1.29 is 4.74 Å². The Hall–Kier alpha value is -0.340. The first-order valence-corrected chi connectivity index (χ1v) is 8.65. The van der Waals surface area contributed by atoms with Gasteiger partial charge in [-0.25, -0.2) is 0 Å². The Balaban J connectivity index is 0.00000242. The van der Waals surface area contributed by atoms with Crippen molar-refractivity contribution in [3.05, 3.63) is 22.4 Å². The molecule has 4 nitrogen and oxygen atoms in total. The minimum absolute atomic E-state index is 0. The second kappa shape index (κ2) is 9.08. The Morgan fingerprint density at radius 1 is 1.50 bits per heavy atom. The summed E-state index contributed by atoms with van der Waals surface area (Å²) in [6, 6.07) is 4.59. The first kappa shape index (κ1) is 19.7. The molecule has 3 N–H and O–H groups in total. The van der Waals surface area contributed by atoms with Gasteiger partial charge in [0.25, 0.3) is 0 Å². The molecule has 6 heteroatoms. The molecule has 0 aliphatic heterocycles. The fourth-order valence-corrected chi connectivity index (χ4v) is 4.14. The maximum Gasteiger partial charge on any atom is 0.188 e. The third-order valence-electron chi connectivity index (χ3n) is 4.93. The van der Waals surface area contributed by atoms with Crippen molar-refractivity contribution in [1.29, 1.82) is 0 Å². The molecule has 0 saturated heterocycles. The smallest absolute Gasteiger partial charge is 0.188 e. The number of ether oxygens (including phenoxy) is 1. The number of nitrogens with zero attached hydrogens (tertiary/aromatic N) is 1. The Kier molecular flexibility index (Phi) is 8.13. The van der Waals surface area contributed by atoms with Gasteiger partial charge in [0.1, 0.15) is 0 Å². The predicted octanol–water partition coefficient (Wildman–Crippen LogP) is 3.41. The lowest BCUT2D eigenvalue weighted by atomic mass is 9.58.